The highest BCUT2D eigenvalue weighted by molar-refractivity contribution is 5.69. The molecular formula is C19H28N2O5. The van der Waals surface area contributed by atoms with Crippen LogP contribution in [-0.2, 0) is 20.8 Å². The molecule has 1 fully saturated rings. The number of amides is 2. The SMILES string of the molecule is CN(C(=O)OCc1ccccc1)C1COCCN(C(=O)OC(C)(C)C)C1. The molecule has 1 heterocycles. The lowest BCUT2D eigenvalue weighted by atomic mass is 10.2. The van der Waals surface area contributed by atoms with Gasteiger partial charge < -0.3 is 24.0 Å². The molecule has 1 unspecified atom stereocenters. The number of hydrogen-bond acceptors (Lipinski definition) is 5. The van der Waals surface area contributed by atoms with E-state index < -0.39 is 17.8 Å². The Hall–Kier alpha value is -2.28. The summed E-state index contributed by atoms with van der Waals surface area (Å²) in [7, 11) is 1.65. The summed E-state index contributed by atoms with van der Waals surface area (Å²) in [6, 6.07) is 9.19. The lowest BCUT2D eigenvalue weighted by molar-refractivity contribution is 0.0213. The van der Waals surface area contributed by atoms with Crippen LogP contribution in [0.25, 0.3) is 0 Å². The topological polar surface area (TPSA) is 68.3 Å². The molecule has 0 aromatic heterocycles. The summed E-state index contributed by atoms with van der Waals surface area (Å²) < 4.78 is 16.3. The van der Waals surface area contributed by atoms with E-state index in [-0.39, 0.29) is 12.6 Å². The van der Waals surface area contributed by atoms with E-state index in [0.717, 1.165) is 5.56 Å². The summed E-state index contributed by atoms with van der Waals surface area (Å²) in [6.45, 7) is 7.19. The van der Waals surface area contributed by atoms with Crippen LogP contribution >= 0.6 is 0 Å². The Morgan fingerprint density at radius 2 is 1.96 bits per heavy atom. The third-order valence-electron chi connectivity index (χ3n) is 3.94. The molecular weight excluding hydrogens is 336 g/mol. The maximum Gasteiger partial charge on any atom is 0.410 e. The van der Waals surface area contributed by atoms with Crippen LogP contribution in [0.1, 0.15) is 26.3 Å². The average molecular weight is 364 g/mol. The number of likely N-dealkylation sites (N-methyl/N-ethyl adjacent to an activating group) is 1. The molecule has 2 amide bonds. The van der Waals surface area contributed by atoms with Crippen molar-refractivity contribution < 1.29 is 23.8 Å². The Labute approximate surface area is 154 Å². The molecule has 7 nitrogen and oxygen atoms in total. The monoisotopic (exact) mass is 364 g/mol. The molecule has 7 heteroatoms. The molecule has 1 aromatic carbocycles. The van der Waals surface area contributed by atoms with E-state index >= 15 is 0 Å². The van der Waals surface area contributed by atoms with Crippen molar-refractivity contribution in [3.8, 4) is 0 Å². The van der Waals surface area contributed by atoms with E-state index in [4.69, 9.17) is 14.2 Å². The van der Waals surface area contributed by atoms with E-state index in [1.165, 1.54) is 4.90 Å². The lowest BCUT2D eigenvalue weighted by Gasteiger charge is -2.31. The fourth-order valence-corrected chi connectivity index (χ4v) is 2.49. The Balaban J connectivity index is 1.92. The third kappa shape index (κ3) is 6.22. The van der Waals surface area contributed by atoms with Crippen molar-refractivity contribution in [1.82, 2.24) is 9.80 Å². The van der Waals surface area contributed by atoms with Crippen molar-refractivity contribution in [1.29, 1.82) is 0 Å². The van der Waals surface area contributed by atoms with Gasteiger partial charge in [-0.1, -0.05) is 30.3 Å². The van der Waals surface area contributed by atoms with E-state index in [2.05, 4.69) is 0 Å². The highest BCUT2D eigenvalue weighted by Crippen LogP contribution is 2.14. The predicted octanol–water partition coefficient (Wildman–Crippen LogP) is 2.89. The van der Waals surface area contributed by atoms with Gasteiger partial charge in [0.15, 0.2) is 0 Å². The quantitative estimate of drug-likeness (QED) is 0.825. The van der Waals surface area contributed by atoms with Gasteiger partial charge in [-0.05, 0) is 26.3 Å². The average Bonchev–Trinajstić information content (AvgIpc) is 2.84. The van der Waals surface area contributed by atoms with Crippen LogP contribution in [-0.4, -0.2) is 67.0 Å². The van der Waals surface area contributed by atoms with Gasteiger partial charge in [-0.3, -0.25) is 0 Å². The first-order chi connectivity index (χ1) is 12.3. The second-order valence-electron chi connectivity index (χ2n) is 7.31. The van der Waals surface area contributed by atoms with Crippen LogP contribution in [0.3, 0.4) is 0 Å². The van der Waals surface area contributed by atoms with E-state index in [1.54, 1.807) is 11.9 Å². The second kappa shape index (κ2) is 8.89. The predicted molar refractivity (Wildman–Crippen MR) is 96.8 cm³/mol. The first kappa shape index (κ1) is 20.0. The molecule has 1 aliphatic heterocycles. The van der Waals surface area contributed by atoms with Gasteiger partial charge >= 0.3 is 12.2 Å². The Bertz CT molecular complexity index is 600. The first-order valence-electron chi connectivity index (χ1n) is 8.75. The largest absolute Gasteiger partial charge is 0.445 e. The number of rotatable bonds is 3. The zero-order valence-corrected chi connectivity index (χ0v) is 15.9. The van der Waals surface area contributed by atoms with Crippen LogP contribution in [0.2, 0.25) is 0 Å². The van der Waals surface area contributed by atoms with Crippen molar-refractivity contribution in [2.45, 2.75) is 39.0 Å². The number of carbonyl (C=O) groups is 2. The molecule has 0 N–H and O–H groups in total. The van der Waals surface area contributed by atoms with Crippen molar-refractivity contribution in [2.24, 2.45) is 0 Å². The zero-order chi connectivity index (χ0) is 19.2. The minimum absolute atomic E-state index is 0.202. The molecule has 26 heavy (non-hydrogen) atoms. The minimum Gasteiger partial charge on any atom is -0.445 e. The van der Waals surface area contributed by atoms with Gasteiger partial charge in [-0.25, -0.2) is 9.59 Å². The molecule has 1 aliphatic rings. The van der Waals surface area contributed by atoms with Gasteiger partial charge in [0.25, 0.3) is 0 Å². The number of hydrogen-bond donors (Lipinski definition) is 0. The van der Waals surface area contributed by atoms with Crippen molar-refractivity contribution in [3.05, 3.63) is 35.9 Å². The highest BCUT2D eigenvalue weighted by atomic mass is 16.6. The molecule has 1 saturated heterocycles. The van der Waals surface area contributed by atoms with Crippen molar-refractivity contribution >= 4 is 12.2 Å². The molecule has 0 spiro atoms. The Morgan fingerprint density at radius 3 is 2.62 bits per heavy atom. The van der Waals surface area contributed by atoms with Crippen LogP contribution in [0.15, 0.2) is 30.3 Å². The first-order valence-corrected chi connectivity index (χ1v) is 8.75. The smallest absolute Gasteiger partial charge is 0.410 e. The summed E-state index contributed by atoms with van der Waals surface area (Å²) in [5, 5.41) is 0. The molecule has 0 saturated carbocycles. The van der Waals surface area contributed by atoms with Crippen molar-refractivity contribution in [3.63, 3.8) is 0 Å². The molecule has 0 aliphatic carbocycles. The lowest BCUT2D eigenvalue weighted by Crippen LogP contribution is -2.48. The van der Waals surface area contributed by atoms with E-state index in [0.29, 0.717) is 26.3 Å². The van der Waals surface area contributed by atoms with Gasteiger partial charge in [0.2, 0.25) is 0 Å². The molecule has 0 radical (unpaired) electrons. The summed E-state index contributed by atoms with van der Waals surface area (Å²) in [6.07, 6.45) is -0.854. The third-order valence-corrected chi connectivity index (χ3v) is 3.94. The van der Waals surface area contributed by atoms with Gasteiger partial charge in [-0.2, -0.15) is 0 Å². The molecule has 144 valence electrons. The summed E-state index contributed by atoms with van der Waals surface area (Å²) in [4.78, 5) is 27.7. The van der Waals surface area contributed by atoms with Crippen LogP contribution in [0, 0.1) is 0 Å². The number of nitrogens with zero attached hydrogens (tertiary/aromatic N) is 2. The molecule has 1 atom stereocenters. The van der Waals surface area contributed by atoms with Crippen LogP contribution in [0.4, 0.5) is 9.59 Å². The normalized spacial score (nSPS) is 18.0. The summed E-state index contributed by atoms with van der Waals surface area (Å²) >= 11 is 0. The second-order valence-corrected chi connectivity index (χ2v) is 7.31. The fourth-order valence-electron chi connectivity index (χ4n) is 2.49. The summed E-state index contributed by atoms with van der Waals surface area (Å²) in [5.41, 5.74) is 0.349. The standard InChI is InChI=1S/C19H28N2O5/c1-19(2,3)26-18(23)21-10-11-24-14-16(12-21)20(4)17(22)25-13-15-8-6-5-7-9-15/h5-9,16H,10-14H2,1-4H3. The fraction of sp³-hybridized carbons (Fsp3) is 0.579. The number of benzene rings is 1. The van der Waals surface area contributed by atoms with Crippen LogP contribution in [0.5, 0.6) is 0 Å². The highest BCUT2D eigenvalue weighted by Gasteiger charge is 2.30. The number of carbonyl (C=O) groups excluding carboxylic acids is 2. The summed E-state index contributed by atoms with van der Waals surface area (Å²) in [5.74, 6) is 0. The van der Waals surface area contributed by atoms with Crippen LogP contribution < -0.4 is 0 Å². The van der Waals surface area contributed by atoms with E-state index in [1.807, 2.05) is 51.1 Å². The molecule has 1 aromatic rings. The maximum atomic E-state index is 12.3. The molecule has 2 rings (SSSR count). The Morgan fingerprint density at radius 1 is 1.27 bits per heavy atom. The van der Waals surface area contributed by atoms with E-state index in [9.17, 15) is 9.59 Å². The van der Waals surface area contributed by atoms with Gasteiger partial charge in [0, 0.05) is 20.1 Å². The number of ether oxygens (including phenoxy) is 3. The van der Waals surface area contributed by atoms with Gasteiger partial charge in [-0.15, -0.1) is 0 Å². The van der Waals surface area contributed by atoms with Gasteiger partial charge in [0.05, 0.1) is 19.3 Å². The zero-order valence-electron chi connectivity index (χ0n) is 15.9. The maximum absolute atomic E-state index is 12.3. The minimum atomic E-state index is -0.569. The van der Waals surface area contributed by atoms with Gasteiger partial charge in [0.1, 0.15) is 12.2 Å². The Kier molecular flexibility index (Phi) is 6.85. The van der Waals surface area contributed by atoms with Crippen molar-refractivity contribution in [2.75, 3.05) is 33.4 Å². The molecule has 0 bridgehead atoms.